The Bertz CT molecular complexity index is 1800. The molecule has 1 saturated carbocycles. The van der Waals surface area contributed by atoms with Crippen molar-refractivity contribution in [1.82, 2.24) is 15.1 Å². The minimum Gasteiger partial charge on any atom is -0.490 e. The number of halogens is 6. The fourth-order valence-electron chi connectivity index (χ4n) is 6.52. The van der Waals surface area contributed by atoms with E-state index in [0.717, 1.165) is 40.3 Å². The minimum atomic E-state index is -1.91. The Morgan fingerprint density at radius 1 is 0.942 bits per heavy atom. The van der Waals surface area contributed by atoms with E-state index in [2.05, 4.69) is 21.2 Å². The van der Waals surface area contributed by atoms with Crippen LogP contribution in [0.15, 0.2) is 76.8 Å². The van der Waals surface area contributed by atoms with E-state index in [0.29, 0.717) is 37.5 Å². The average molecular weight is 842 g/mol. The van der Waals surface area contributed by atoms with Crippen LogP contribution in [0.2, 0.25) is 0 Å². The van der Waals surface area contributed by atoms with Crippen molar-refractivity contribution in [3.63, 3.8) is 0 Å². The van der Waals surface area contributed by atoms with Crippen molar-refractivity contribution in [2.24, 2.45) is 0 Å². The normalized spacial score (nSPS) is 19.0. The minimum absolute atomic E-state index is 0.0637. The average Bonchev–Trinajstić information content (AvgIpc) is 3.94. The molecule has 14 heteroatoms. The van der Waals surface area contributed by atoms with Gasteiger partial charge in [0.15, 0.2) is 17.2 Å². The molecule has 1 N–H and O–H groups in total. The quantitative estimate of drug-likeness (QED) is 0.146. The number of hydrogen-bond acceptors (Lipinski definition) is 6. The first kappa shape index (κ1) is 38.6. The molecule has 2 amide bonds. The van der Waals surface area contributed by atoms with Crippen molar-refractivity contribution in [1.29, 1.82) is 0 Å². The largest absolute Gasteiger partial charge is 0.490 e. The van der Waals surface area contributed by atoms with Gasteiger partial charge in [0, 0.05) is 35.7 Å². The molecule has 2 atom stereocenters. The summed E-state index contributed by atoms with van der Waals surface area (Å²) < 4.78 is 45.3. The first-order valence-electron chi connectivity index (χ1n) is 17.1. The number of alkyl halides is 3. The Morgan fingerprint density at radius 2 is 1.58 bits per heavy atom. The highest BCUT2D eigenvalue weighted by Crippen LogP contribution is 2.43. The fraction of sp³-hybridized carbons (Fsp3) is 0.421. The van der Waals surface area contributed by atoms with Gasteiger partial charge in [0.2, 0.25) is 3.79 Å². The third kappa shape index (κ3) is 8.81. The zero-order valence-corrected chi connectivity index (χ0v) is 32.5. The van der Waals surface area contributed by atoms with Gasteiger partial charge in [-0.05, 0) is 98.7 Å². The topological polar surface area (TPSA) is 80.3 Å². The van der Waals surface area contributed by atoms with E-state index in [1.807, 2.05) is 48.5 Å². The molecule has 0 radical (unpaired) electrons. The third-order valence-corrected chi connectivity index (χ3v) is 11.4. The van der Waals surface area contributed by atoms with Gasteiger partial charge < -0.3 is 24.4 Å². The van der Waals surface area contributed by atoms with Gasteiger partial charge >= 0.3 is 6.09 Å². The van der Waals surface area contributed by atoms with E-state index < -0.39 is 33.2 Å². The Hall–Kier alpha value is -3.09. The maximum atomic E-state index is 14.8. The third-order valence-electron chi connectivity index (χ3n) is 9.55. The van der Waals surface area contributed by atoms with Gasteiger partial charge in [-0.2, -0.15) is 0 Å². The number of piperazine rings is 1. The maximum absolute atomic E-state index is 14.8. The molecule has 1 saturated heterocycles. The Morgan fingerprint density at radius 3 is 2.19 bits per heavy atom. The Balaban J connectivity index is 1.28. The van der Waals surface area contributed by atoms with Crippen LogP contribution in [-0.2, 0) is 16.0 Å². The smallest absolute Gasteiger partial charge is 0.411 e. The number of ether oxygens (including phenoxy) is 3. The molecule has 2 fully saturated rings. The number of hydrogen-bond donors (Lipinski definition) is 1. The molecule has 3 aliphatic rings. The number of nitrogens with one attached hydrogen (secondary N) is 1. The zero-order valence-electron chi connectivity index (χ0n) is 28.7. The molecule has 0 spiro atoms. The van der Waals surface area contributed by atoms with E-state index in [-0.39, 0.29) is 43.1 Å². The molecule has 278 valence electrons. The molecule has 0 aromatic heterocycles. The van der Waals surface area contributed by atoms with Crippen LogP contribution in [0.25, 0.3) is 5.57 Å². The second kappa shape index (κ2) is 16.1. The number of rotatable bonds is 12. The van der Waals surface area contributed by atoms with Gasteiger partial charge in [-0.1, -0.05) is 75.0 Å². The van der Waals surface area contributed by atoms with Gasteiger partial charge in [-0.15, -0.1) is 0 Å². The lowest BCUT2D eigenvalue weighted by Gasteiger charge is -2.48. The van der Waals surface area contributed by atoms with Gasteiger partial charge in [0.25, 0.3) is 5.91 Å². The summed E-state index contributed by atoms with van der Waals surface area (Å²) in [4.78, 5) is 32.0. The molecule has 3 aromatic rings. The van der Waals surface area contributed by atoms with E-state index >= 15 is 0 Å². The number of carbonyl (C=O) groups excluding carboxylic acids is 2. The van der Waals surface area contributed by atoms with Crippen LogP contribution in [0.5, 0.6) is 11.5 Å². The van der Waals surface area contributed by atoms with Crippen molar-refractivity contribution in [3.8, 4) is 11.5 Å². The van der Waals surface area contributed by atoms with Gasteiger partial charge in [0.05, 0.1) is 12.1 Å². The molecular formula is C38H39BrCl3F2N3O5. The second-order valence-electron chi connectivity index (χ2n) is 13.6. The lowest BCUT2D eigenvalue weighted by Crippen LogP contribution is -2.64. The van der Waals surface area contributed by atoms with Crippen LogP contribution in [-0.4, -0.2) is 82.2 Å². The number of carbonyl (C=O) groups is 2. The highest BCUT2D eigenvalue weighted by atomic mass is 79.9. The monoisotopic (exact) mass is 839 g/mol. The van der Waals surface area contributed by atoms with Crippen molar-refractivity contribution < 1.29 is 32.6 Å². The van der Waals surface area contributed by atoms with Crippen LogP contribution in [0.3, 0.4) is 0 Å². The Kier molecular flexibility index (Phi) is 12.0. The van der Waals surface area contributed by atoms with Crippen molar-refractivity contribution in [2.75, 3.05) is 32.8 Å². The lowest BCUT2D eigenvalue weighted by molar-refractivity contribution is -0.128. The van der Waals surface area contributed by atoms with E-state index in [1.54, 1.807) is 9.80 Å². The predicted octanol–water partition coefficient (Wildman–Crippen LogP) is 8.50. The molecule has 1 aliphatic carbocycles. The molecule has 8 nitrogen and oxygen atoms in total. The molecule has 52 heavy (non-hydrogen) atoms. The molecule has 2 heterocycles. The van der Waals surface area contributed by atoms with Gasteiger partial charge in [-0.3, -0.25) is 9.69 Å². The summed E-state index contributed by atoms with van der Waals surface area (Å²) in [5, 5.41) is 3.37. The summed E-state index contributed by atoms with van der Waals surface area (Å²) in [6.07, 6.45) is 1.33. The summed E-state index contributed by atoms with van der Waals surface area (Å²) >= 11 is 21.9. The van der Waals surface area contributed by atoms with Crippen LogP contribution in [0.1, 0.15) is 44.2 Å². The number of benzene rings is 3. The summed E-state index contributed by atoms with van der Waals surface area (Å²) in [7, 11) is 0. The van der Waals surface area contributed by atoms with Gasteiger partial charge in [-0.25, -0.2) is 13.6 Å². The second-order valence-corrected chi connectivity index (χ2v) is 16.8. The Labute approximate surface area is 325 Å². The summed E-state index contributed by atoms with van der Waals surface area (Å²) in [6.45, 7) is 4.60. The number of nitrogens with zero attached hydrogens (tertiary/aromatic N) is 2. The standard InChI is InChI=1S/C38H39BrCl3F2N3O5/c1-37(2,38(40,41)42)52-36(49)47-27-20-30(23-6-12-28(13-7-23)50-18-19-51-29-14-8-25(39)9-15-29)33(32(47)22-45-21-27)35(48)46(26-10-11-26)17-16-24-4-3-5-31(43)34(24)44/h3-9,12-15,26-27,32,45H,10-11,16-22H2,1-2H3. The van der Waals surface area contributed by atoms with Crippen LogP contribution in [0, 0.1) is 11.6 Å². The van der Waals surface area contributed by atoms with E-state index in [9.17, 15) is 18.4 Å². The highest BCUT2D eigenvalue weighted by molar-refractivity contribution is 9.10. The molecular weight excluding hydrogens is 803 g/mol. The van der Waals surface area contributed by atoms with Crippen molar-refractivity contribution in [2.45, 2.75) is 67.0 Å². The highest BCUT2D eigenvalue weighted by Gasteiger charge is 2.50. The molecule has 2 bridgehead atoms. The van der Waals surface area contributed by atoms with E-state index in [1.165, 1.54) is 26.0 Å². The fourth-order valence-corrected chi connectivity index (χ4v) is 6.90. The van der Waals surface area contributed by atoms with Crippen molar-refractivity contribution >= 4 is 68.3 Å². The first-order valence-corrected chi connectivity index (χ1v) is 19.0. The number of fused-ring (bicyclic) bond motifs is 2. The number of amides is 2. The molecule has 3 aromatic carbocycles. The SMILES string of the molecule is CC(C)(OC(=O)N1C2CNCC1C(C(=O)N(CCc1cccc(F)c1F)C1CC1)=C(c1ccc(OCCOc3ccc(Br)cc3)cc1)C2)C(Cl)(Cl)Cl. The lowest BCUT2D eigenvalue weighted by atomic mass is 9.82. The maximum Gasteiger partial charge on any atom is 0.411 e. The zero-order chi connectivity index (χ0) is 37.2. The van der Waals surface area contributed by atoms with Crippen LogP contribution < -0.4 is 14.8 Å². The van der Waals surface area contributed by atoms with Crippen LogP contribution in [0.4, 0.5) is 13.6 Å². The summed E-state index contributed by atoms with van der Waals surface area (Å²) in [6, 6.07) is 17.9. The van der Waals surface area contributed by atoms with Crippen molar-refractivity contribution in [3.05, 3.63) is 99.5 Å². The first-order chi connectivity index (χ1) is 24.7. The van der Waals surface area contributed by atoms with Crippen LogP contribution >= 0.6 is 50.7 Å². The molecule has 2 aliphatic heterocycles. The molecule has 6 rings (SSSR count). The molecule has 2 unspecified atom stereocenters. The van der Waals surface area contributed by atoms with Gasteiger partial charge in [0.1, 0.15) is 24.7 Å². The predicted molar refractivity (Wildman–Crippen MR) is 201 cm³/mol. The summed E-state index contributed by atoms with van der Waals surface area (Å²) in [5.74, 6) is -0.765. The van der Waals surface area contributed by atoms with E-state index in [4.69, 9.17) is 49.0 Å². The summed E-state index contributed by atoms with van der Waals surface area (Å²) in [5.41, 5.74) is 0.737.